The number of fused-ring (bicyclic) bond motifs is 1. The molecule has 1 fully saturated rings. The van der Waals surface area contributed by atoms with E-state index in [0.29, 0.717) is 41.8 Å². The molecular weight excluding hydrogens is 436 g/mol. The van der Waals surface area contributed by atoms with Crippen LogP contribution in [0, 0.1) is 18.3 Å². The average molecular weight is 469 g/mol. The van der Waals surface area contributed by atoms with Crippen molar-refractivity contribution < 1.29 is 5.11 Å². The number of nitrogens with zero attached hydrogens (tertiary/aromatic N) is 5. The van der Waals surface area contributed by atoms with Crippen LogP contribution < -0.4 is 10.6 Å². The molecule has 4 rings (SSSR count). The quantitative estimate of drug-likeness (QED) is 0.366. The van der Waals surface area contributed by atoms with E-state index in [1.807, 2.05) is 0 Å². The van der Waals surface area contributed by atoms with Gasteiger partial charge in [-0.2, -0.15) is 15.3 Å². The van der Waals surface area contributed by atoms with Gasteiger partial charge >= 0.3 is 0 Å². The molecule has 10 heteroatoms. The Kier molecular flexibility index (Phi) is 7.42. The van der Waals surface area contributed by atoms with Crippen LogP contribution in [-0.4, -0.2) is 54.8 Å². The molecule has 1 aliphatic rings. The van der Waals surface area contributed by atoms with Crippen molar-refractivity contribution in [2.45, 2.75) is 77.6 Å². The minimum absolute atomic E-state index is 0.0942. The first-order chi connectivity index (χ1) is 16.0. The Morgan fingerprint density at radius 3 is 2.64 bits per heavy atom. The van der Waals surface area contributed by atoms with E-state index in [4.69, 9.17) is 15.2 Å². The number of likely N-dealkylation sites (tertiary alicyclic amines) is 1. The van der Waals surface area contributed by atoms with E-state index >= 15 is 0 Å². The van der Waals surface area contributed by atoms with Crippen molar-refractivity contribution >= 4 is 39.1 Å². The number of piperidine rings is 1. The number of aliphatic hydroxyl groups is 1. The van der Waals surface area contributed by atoms with Crippen LogP contribution in [0.2, 0.25) is 0 Å². The summed E-state index contributed by atoms with van der Waals surface area (Å²) in [6, 6.07) is 7.32. The molecule has 4 N–H and O–H groups in total. The summed E-state index contributed by atoms with van der Waals surface area (Å²) in [5.74, 6) is 1.93. The number of aromatic amines is 1. The van der Waals surface area contributed by atoms with Crippen molar-refractivity contribution in [2.75, 3.05) is 17.2 Å². The monoisotopic (exact) mass is 468 g/mol. The first kappa shape index (κ1) is 23.4. The summed E-state index contributed by atoms with van der Waals surface area (Å²) in [7, 11) is 0. The number of thiophene rings is 1. The third-order valence-electron chi connectivity index (χ3n) is 6.35. The Morgan fingerprint density at radius 2 is 2.00 bits per heavy atom. The molecule has 176 valence electrons. The van der Waals surface area contributed by atoms with Crippen molar-refractivity contribution in [3.63, 3.8) is 0 Å². The Balaban J connectivity index is 1.57. The fourth-order valence-electron chi connectivity index (χ4n) is 4.80. The highest BCUT2D eigenvalue weighted by Gasteiger charge is 2.34. The molecular formula is C23H32N8OS. The van der Waals surface area contributed by atoms with E-state index in [2.05, 4.69) is 58.6 Å². The highest BCUT2D eigenvalue weighted by atomic mass is 32.1. The molecule has 2 atom stereocenters. The summed E-state index contributed by atoms with van der Waals surface area (Å²) in [4.78, 5) is 13.3. The maximum absolute atomic E-state index is 9.32. The van der Waals surface area contributed by atoms with Crippen molar-refractivity contribution in [1.29, 1.82) is 5.26 Å². The van der Waals surface area contributed by atoms with E-state index in [1.54, 1.807) is 17.4 Å². The summed E-state index contributed by atoms with van der Waals surface area (Å²) in [5.41, 5.74) is 1.55. The van der Waals surface area contributed by atoms with Crippen molar-refractivity contribution in [2.24, 2.45) is 0 Å². The van der Waals surface area contributed by atoms with Gasteiger partial charge in [-0.1, -0.05) is 13.8 Å². The lowest BCUT2D eigenvalue weighted by atomic mass is 9.88. The lowest BCUT2D eigenvalue weighted by Gasteiger charge is -2.45. The van der Waals surface area contributed by atoms with Crippen LogP contribution >= 0.6 is 11.3 Å². The molecule has 0 spiro atoms. The minimum atomic E-state index is -0.0942. The number of hydrogen-bond donors (Lipinski definition) is 4. The predicted molar refractivity (Wildman–Crippen MR) is 132 cm³/mol. The van der Waals surface area contributed by atoms with Gasteiger partial charge in [-0.3, -0.25) is 10.00 Å². The maximum Gasteiger partial charge on any atom is 0.225 e. The van der Waals surface area contributed by atoms with Crippen LogP contribution in [0.4, 0.5) is 17.6 Å². The standard InChI is InChI=1S/C23H32N8OS/c1-4-17-10-15(11-18(5-2)31(17)8-6-7-24)25-23-26-19-9-14(3)33-21(19)22(28-23)27-20-12-16(13-32)29-30-20/h9,12,15,17-18,32H,4-6,8,10-11,13H2,1-3H3,(H3,25,26,27,28,29,30). The fourth-order valence-corrected chi connectivity index (χ4v) is 5.69. The van der Waals surface area contributed by atoms with Crippen molar-refractivity contribution in [3.8, 4) is 6.07 Å². The molecule has 0 aliphatic carbocycles. The first-order valence-electron chi connectivity index (χ1n) is 11.6. The van der Waals surface area contributed by atoms with Crippen LogP contribution in [0.1, 0.15) is 56.5 Å². The van der Waals surface area contributed by atoms with E-state index < -0.39 is 0 Å². The Bertz CT molecular complexity index is 1110. The maximum atomic E-state index is 9.32. The lowest BCUT2D eigenvalue weighted by molar-refractivity contribution is 0.0734. The number of anilines is 3. The topological polar surface area (TPSA) is 126 Å². The molecule has 0 aromatic carbocycles. The molecule has 0 saturated carbocycles. The summed E-state index contributed by atoms with van der Waals surface area (Å²) < 4.78 is 0.982. The number of nitrogens with one attached hydrogen (secondary N) is 3. The zero-order valence-electron chi connectivity index (χ0n) is 19.4. The molecule has 9 nitrogen and oxygen atoms in total. The largest absolute Gasteiger partial charge is 0.390 e. The van der Waals surface area contributed by atoms with Crippen LogP contribution in [-0.2, 0) is 6.61 Å². The number of H-pyrrole nitrogens is 1. The highest BCUT2D eigenvalue weighted by Crippen LogP contribution is 2.33. The smallest absolute Gasteiger partial charge is 0.225 e. The number of aromatic nitrogens is 4. The second kappa shape index (κ2) is 10.5. The van der Waals surface area contributed by atoms with Gasteiger partial charge < -0.3 is 15.7 Å². The van der Waals surface area contributed by atoms with Gasteiger partial charge in [-0.25, -0.2) is 4.98 Å². The Hall–Kier alpha value is -2.74. The van der Waals surface area contributed by atoms with E-state index in [1.165, 1.54) is 4.88 Å². The van der Waals surface area contributed by atoms with Crippen LogP contribution in [0.3, 0.4) is 0 Å². The lowest BCUT2D eigenvalue weighted by Crippen LogP contribution is -2.52. The molecule has 1 aliphatic heterocycles. The average Bonchev–Trinajstić information content (AvgIpc) is 3.43. The molecule has 3 aromatic heterocycles. The third kappa shape index (κ3) is 5.27. The van der Waals surface area contributed by atoms with Gasteiger partial charge in [0.15, 0.2) is 11.6 Å². The minimum Gasteiger partial charge on any atom is -0.390 e. The number of hydrogen-bond acceptors (Lipinski definition) is 9. The SMILES string of the molecule is CCC1CC(Nc2nc(Nc3cc(CO)[nH]n3)c3sc(C)cc3n2)CC(CC)N1CCC#N. The summed E-state index contributed by atoms with van der Waals surface area (Å²) >= 11 is 1.65. The fraction of sp³-hybridized carbons (Fsp3) is 0.565. The number of aryl methyl sites for hydroxylation is 1. The van der Waals surface area contributed by atoms with Crippen LogP contribution in [0.25, 0.3) is 10.2 Å². The molecule has 2 unspecified atom stereocenters. The molecule has 0 amide bonds. The van der Waals surface area contributed by atoms with E-state index in [-0.39, 0.29) is 12.6 Å². The molecule has 3 aromatic rings. The molecule has 1 saturated heterocycles. The Labute approximate surface area is 198 Å². The summed E-state index contributed by atoms with van der Waals surface area (Å²) in [5, 5.41) is 32.3. The number of aliphatic hydroxyl groups excluding tert-OH is 1. The van der Waals surface area contributed by atoms with Crippen molar-refractivity contribution in [3.05, 3.63) is 22.7 Å². The summed E-state index contributed by atoms with van der Waals surface area (Å²) in [6.45, 7) is 7.26. The highest BCUT2D eigenvalue weighted by molar-refractivity contribution is 7.19. The van der Waals surface area contributed by atoms with E-state index in [0.717, 1.165) is 42.4 Å². The molecule has 4 heterocycles. The van der Waals surface area contributed by atoms with E-state index in [9.17, 15) is 5.11 Å². The summed E-state index contributed by atoms with van der Waals surface area (Å²) in [6.07, 6.45) is 4.70. The second-order valence-electron chi connectivity index (χ2n) is 8.61. The van der Waals surface area contributed by atoms with Gasteiger partial charge in [0.25, 0.3) is 0 Å². The zero-order chi connectivity index (χ0) is 23.4. The van der Waals surface area contributed by atoms with Gasteiger partial charge in [0.05, 0.1) is 28.6 Å². The molecule has 0 bridgehead atoms. The van der Waals surface area contributed by atoms with Gasteiger partial charge in [-0.15, -0.1) is 11.3 Å². The number of rotatable bonds is 9. The van der Waals surface area contributed by atoms with Crippen LogP contribution in [0.15, 0.2) is 12.1 Å². The molecule has 33 heavy (non-hydrogen) atoms. The third-order valence-corrected chi connectivity index (χ3v) is 7.40. The van der Waals surface area contributed by atoms with Gasteiger partial charge in [0.2, 0.25) is 5.95 Å². The Morgan fingerprint density at radius 1 is 1.24 bits per heavy atom. The second-order valence-corrected chi connectivity index (χ2v) is 9.87. The first-order valence-corrected chi connectivity index (χ1v) is 12.5. The van der Waals surface area contributed by atoms with Gasteiger partial charge in [0.1, 0.15) is 0 Å². The van der Waals surface area contributed by atoms with Gasteiger partial charge in [0, 0.05) is 42.0 Å². The van der Waals surface area contributed by atoms with Crippen LogP contribution in [0.5, 0.6) is 0 Å². The normalized spacial score (nSPS) is 21.2. The van der Waals surface area contributed by atoms with Crippen molar-refractivity contribution in [1.82, 2.24) is 25.1 Å². The predicted octanol–water partition coefficient (Wildman–Crippen LogP) is 4.31. The van der Waals surface area contributed by atoms with Gasteiger partial charge in [-0.05, 0) is 38.7 Å². The zero-order valence-corrected chi connectivity index (χ0v) is 20.2. The number of nitriles is 1. The molecule has 0 radical (unpaired) electrons.